The van der Waals surface area contributed by atoms with Gasteiger partial charge >= 0.3 is 0 Å². The van der Waals surface area contributed by atoms with Gasteiger partial charge in [0.2, 0.25) is 5.91 Å². The van der Waals surface area contributed by atoms with Gasteiger partial charge in [-0.15, -0.1) is 0 Å². The summed E-state index contributed by atoms with van der Waals surface area (Å²) in [6, 6.07) is 0.515. The molecule has 3 heterocycles. The number of aromatic nitrogens is 2. The quantitative estimate of drug-likeness (QED) is 0.842. The zero-order chi connectivity index (χ0) is 15.4. The van der Waals surface area contributed by atoms with Gasteiger partial charge in [-0.05, 0) is 63.7 Å². The molecule has 2 aliphatic heterocycles. The Balaban J connectivity index is 1.55. The maximum atomic E-state index is 13.0. The predicted octanol–water partition coefficient (Wildman–Crippen LogP) is 2.62. The van der Waals surface area contributed by atoms with Crippen LogP contribution in [0.1, 0.15) is 49.1 Å². The van der Waals surface area contributed by atoms with E-state index >= 15 is 0 Å². The maximum Gasteiger partial charge on any atom is 0.227 e. The van der Waals surface area contributed by atoms with Crippen molar-refractivity contribution in [3.8, 4) is 0 Å². The number of fused-ring (bicyclic) bond motifs is 1. The van der Waals surface area contributed by atoms with Crippen LogP contribution in [0.4, 0.5) is 0 Å². The lowest BCUT2D eigenvalue weighted by Gasteiger charge is -2.39. The Morgan fingerprint density at radius 3 is 2.32 bits per heavy atom. The standard InChI is InChI=1S/C18H27N3O/c1-11-17(12(2)20(3)19-11)9-18(22)21-10-15-5-13-4-14(6-15)8-16(21)7-13/h13-16H,4-10H2,1-3H3. The Morgan fingerprint density at radius 2 is 1.73 bits per heavy atom. The first-order valence-electron chi connectivity index (χ1n) is 8.79. The van der Waals surface area contributed by atoms with Crippen molar-refractivity contribution >= 4 is 5.91 Å². The first-order chi connectivity index (χ1) is 10.5. The second-order valence-electron chi connectivity index (χ2n) is 7.93. The summed E-state index contributed by atoms with van der Waals surface area (Å²) in [5.41, 5.74) is 3.27. The fourth-order valence-electron chi connectivity index (χ4n) is 5.42. The summed E-state index contributed by atoms with van der Waals surface area (Å²) in [6.07, 6.45) is 7.19. The predicted molar refractivity (Wildman–Crippen MR) is 85.4 cm³/mol. The highest BCUT2D eigenvalue weighted by atomic mass is 16.2. The number of hydrogen-bond acceptors (Lipinski definition) is 2. The summed E-state index contributed by atoms with van der Waals surface area (Å²) >= 11 is 0. The molecule has 0 radical (unpaired) electrons. The van der Waals surface area contributed by atoms with Crippen molar-refractivity contribution in [1.82, 2.24) is 14.7 Å². The number of hydrogen-bond donors (Lipinski definition) is 0. The van der Waals surface area contributed by atoms with E-state index in [1.54, 1.807) is 0 Å². The summed E-state index contributed by atoms with van der Waals surface area (Å²) in [5, 5.41) is 4.46. The lowest BCUT2D eigenvalue weighted by Crippen LogP contribution is -2.43. The average Bonchev–Trinajstić information content (AvgIpc) is 2.60. The number of carbonyl (C=O) groups excluding carboxylic acids is 1. The Kier molecular flexibility index (Phi) is 3.31. The molecule has 5 rings (SSSR count). The molecule has 4 bridgehead atoms. The highest BCUT2D eigenvalue weighted by Crippen LogP contribution is 2.47. The molecule has 0 aromatic carbocycles. The molecule has 2 unspecified atom stereocenters. The molecule has 2 aliphatic carbocycles. The summed E-state index contributed by atoms with van der Waals surface area (Å²) in [6.45, 7) is 5.10. The van der Waals surface area contributed by atoms with Gasteiger partial charge in [0.25, 0.3) is 0 Å². The molecule has 4 heteroatoms. The van der Waals surface area contributed by atoms with Gasteiger partial charge in [-0.3, -0.25) is 9.48 Å². The van der Waals surface area contributed by atoms with E-state index in [9.17, 15) is 4.79 Å². The molecular formula is C18H27N3O. The third-order valence-corrected chi connectivity index (χ3v) is 6.41. The molecule has 2 saturated heterocycles. The molecule has 120 valence electrons. The Labute approximate surface area is 132 Å². The molecule has 1 aromatic rings. The first kappa shape index (κ1) is 14.3. The molecule has 22 heavy (non-hydrogen) atoms. The highest BCUT2D eigenvalue weighted by molar-refractivity contribution is 5.79. The van der Waals surface area contributed by atoms with Gasteiger partial charge in [-0.2, -0.15) is 5.10 Å². The lowest BCUT2D eigenvalue weighted by atomic mass is 9.68. The van der Waals surface area contributed by atoms with Gasteiger partial charge in [0, 0.05) is 30.9 Å². The van der Waals surface area contributed by atoms with Crippen molar-refractivity contribution in [3.05, 3.63) is 17.0 Å². The molecular weight excluding hydrogens is 274 g/mol. The van der Waals surface area contributed by atoms with Crippen molar-refractivity contribution in [3.63, 3.8) is 0 Å². The largest absolute Gasteiger partial charge is 0.339 e. The van der Waals surface area contributed by atoms with Crippen molar-refractivity contribution in [2.24, 2.45) is 24.8 Å². The molecule has 4 nitrogen and oxygen atoms in total. The van der Waals surface area contributed by atoms with E-state index in [4.69, 9.17) is 0 Å². The van der Waals surface area contributed by atoms with Gasteiger partial charge in [0.1, 0.15) is 0 Å². The topological polar surface area (TPSA) is 38.1 Å². The fourth-order valence-corrected chi connectivity index (χ4v) is 5.42. The second kappa shape index (κ2) is 5.10. The average molecular weight is 301 g/mol. The minimum atomic E-state index is 0.331. The van der Waals surface area contributed by atoms with Crippen LogP contribution in [-0.4, -0.2) is 33.2 Å². The SMILES string of the molecule is Cc1nn(C)c(C)c1CC(=O)N1CC2CC3CC(C2)CC1C3. The molecule has 1 aromatic heterocycles. The lowest BCUT2D eigenvalue weighted by molar-refractivity contribution is -0.133. The summed E-state index contributed by atoms with van der Waals surface area (Å²) < 4.78 is 1.90. The molecule has 1 amide bonds. The van der Waals surface area contributed by atoms with Crippen LogP contribution in [0.3, 0.4) is 0 Å². The molecule has 4 fully saturated rings. The van der Waals surface area contributed by atoms with Crippen molar-refractivity contribution in [2.45, 2.75) is 58.4 Å². The molecule has 0 spiro atoms. The number of amides is 1. The monoisotopic (exact) mass is 301 g/mol. The number of carbonyl (C=O) groups is 1. The van der Waals surface area contributed by atoms with E-state index in [1.807, 2.05) is 18.7 Å². The van der Waals surface area contributed by atoms with Crippen LogP contribution in [0.2, 0.25) is 0 Å². The molecule has 4 aliphatic rings. The van der Waals surface area contributed by atoms with Gasteiger partial charge in [-0.25, -0.2) is 0 Å². The Morgan fingerprint density at radius 1 is 1.09 bits per heavy atom. The van der Waals surface area contributed by atoms with Crippen molar-refractivity contribution in [2.75, 3.05) is 6.54 Å². The van der Waals surface area contributed by atoms with Gasteiger partial charge < -0.3 is 4.90 Å². The van der Waals surface area contributed by atoms with Gasteiger partial charge in [-0.1, -0.05) is 0 Å². The normalized spacial score (nSPS) is 33.3. The van der Waals surface area contributed by atoms with E-state index in [1.165, 1.54) is 32.1 Å². The second-order valence-corrected chi connectivity index (χ2v) is 7.93. The zero-order valence-corrected chi connectivity index (χ0v) is 14.0. The van der Waals surface area contributed by atoms with Gasteiger partial charge in [0.15, 0.2) is 0 Å². The van der Waals surface area contributed by atoms with Crippen LogP contribution < -0.4 is 0 Å². The number of rotatable bonds is 2. The fraction of sp³-hybridized carbons (Fsp3) is 0.778. The van der Waals surface area contributed by atoms with E-state index < -0.39 is 0 Å². The maximum absolute atomic E-state index is 13.0. The van der Waals surface area contributed by atoms with Gasteiger partial charge in [0.05, 0.1) is 12.1 Å². The van der Waals surface area contributed by atoms with Crippen LogP contribution in [0, 0.1) is 31.6 Å². The zero-order valence-electron chi connectivity index (χ0n) is 14.0. The van der Waals surface area contributed by atoms with Crippen LogP contribution in [0.5, 0.6) is 0 Å². The minimum Gasteiger partial charge on any atom is -0.339 e. The van der Waals surface area contributed by atoms with E-state index in [0.29, 0.717) is 18.4 Å². The minimum absolute atomic E-state index is 0.331. The van der Waals surface area contributed by atoms with E-state index in [-0.39, 0.29) is 0 Å². The third kappa shape index (κ3) is 2.27. The number of aryl methyl sites for hydroxylation is 2. The summed E-state index contributed by atoms with van der Waals surface area (Å²) in [5.74, 6) is 2.87. The highest BCUT2D eigenvalue weighted by Gasteiger charge is 2.43. The third-order valence-electron chi connectivity index (χ3n) is 6.41. The molecule has 2 saturated carbocycles. The van der Waals surface area contributed by atoms with Crippen LogP contribution in [0.25, 0.3) is 0 Å². The molecule has 2 atom stereocenters. The van der Waals surface area contributed by atoms with E-state index in [2.05, 4.69) is 16.9 Å². The Hall–Kier alpha value is -1.32. The van der Waals surface area contributed by atoms with Crippen LogP contribution in [0.15, 0.2) is 0 Å². The summed E-state index contributed by atoms with van der Waals surface area (Å²) in [4.78, 5) is 15.2. The molecule has 0 N–H and O–H groups in total. The van der Waals surface area contributed by atoms with Crippen molar-refractivity contribution in [1.29, 1.82) is 0 Å². The van der Waals surface area contributed by atoms with E-state index in [0.717, 1.165) is 41.2 Å². The number of nitrogens with zero attached hydrogens (tertiary/aromatic N) is 3. The Bertz CT molecular complexity index is 592. The van der Waals surface area contributed by atoms with Crippen LogP contribution in [-0.2, 0) is 18.3 Å². The van der Waals surface area contributed by atoms with Crippen molar-refractivity contribution < 1.29 is 4.79 Å². The first-order valence-corrected chi connectivity index (χ1v) is 8.79. The van der Waals surface area contributed by atoms with Crippen LogP contribution >= 0.6 is 0 Å². The smallest absolute Gasteiger partial charge is 0.227 e. The summed E-state index contributed by atoms with van der Waals surface area (Å²) in [7, 11) is 1.96.